The summed E-state index contributed by atoms with van der Waals surface area (Å²) in [6.45, 7) is 2.05. The fourth-order valence-electron chi connectivity index (χ4n) is 2.90. The second-order valence-corrected chi connectivity index (χ2v) is 7.16. The van der Waals surface area contributed by atoms with Crippen molar-refractivity contribution in [3.05, 3.63) is 43.7 Å². The Morgan fingerprint density at radius 1 is 1.46 bits per heavy atom. The van der Waals surface area contributed by atoms with E-state index in [1.54, 1.807) is 0 Å². The number of hydrogen-bond acceptors (Lipinski definition) is 5. The summed E-state index contributed by atoms with van der Waals surface area (Å²) in [4.78, 5) is 41.2. The molecule has 24 heavy (non-hydrogen) atoms. The highest BCUT2D eigenvalue weighted by atomic mass is 32.1. The number of carbonyl (C=O) groups is 1. The summed E-state index contributed by atoms with van der Waals surface area (Å²) in [5.74, 6) is 0.375. The Hall–Kier alpha value is -2.22. The van der Waals surface area contributed by atoms with Crippen LogP contribution in [0.3, 0.4) is 0 Å². The normalized spacial score (nSPS) is 16.7. The molecule has 3 rings (SSSR count). The number of aryl methyl sites for hydroxylation is 1. The minimum Gasteiger partial charge on any atom is -0.300 e. The van der Waals surface area contributed by atoms with Gasteiger partial charge < -0.3 is 5.32 Å². The van der Waals surface area contributed by atoms with Crippen LogP contribution in [0.15, 0.2) is 21.9 Å². The molecule has 0 spiro atoms. The van der Waals surface area contributed by atoms with Crippen LogP contribution in [0.2, 0.25) is 0 Å². The largest absolute Gasteiger partial charge is 0.331 e. The Kier molecular flexibility index (Phi) is 4.66. The maximum atomic E-state index is 12.2. The van der Waals surface area contributed by atoms with Gasteiger partial charge in [0.15, 0.2) is 5.13 Å². The summed E-state index contributed by atoms with van der Waals surface area (Å²) >= 11 is 1.52. The molecule has 0 aromatic carbocycles. The van der Waals surface area contributed by atoms with Crippen molar-refractivity contribution in [1.29, 1.82) is 0 Å². The number of fused-ring (bicyclic) bond motifs is 1. The Bertz CT molecular complexity index is 880. The van der Waals surface area contributed by atoms with Crippen LogP contribution in [-0.2, 0) is 31.2 Å². The number of carbonyl (C=O) groups excluding carboxylic acids is 1. The zero-order chi connectivity index (χ0) is 17.3. The SMILES string of the molecule is CC[C@H]1CCc2nc(NC(=O)Cn3ccc(=O)n(C)c3=O)sc2C1. The van der Waals surface area contributed by atoms with Crippen LogP contribution in [-0.4, -0.2) is 20.0 Å². The summed E-state index contributed by atoms with van der Waals surface area (Å²) in [5.41, 5.74) is 0.177. The molecule has 1 N–H and O–H groups in total. The van der Waals surface area contributed by atoms with Crippen LogP contribution in [0.1, 0.15) is 30.3 Å². The van der Waals surface area contributed by atoms with Gasteiger partial charge in [-0.2, -0.15) is 0 Å². The van der Waals surface area contributed by atoms with Crippen LogP contribution in [0, 0.1) is 5.92 Å². The van der Waals surface area contributed by atoms with E-state index in [1.165, 1.54) is 40.1 Å². The lowest BCUT2D eigenvalue weighted by Gasteiger charge is -2.18. The lowest BCUT2D eigenvalue weighted by Crippen LogP contribution is -2.38. The summed E-state index contributed by atoms with van der Waals surface area (Å²) in [7, 11) is 1.39. The topological polar surface area (TPSA) is 86.0 Å². The zero-order valence-electron chi connectivity index (χ0n) is 13.7. The second kappa shape index (κ2) is 6.72. The third kappa shape index (κ3) is 3.33. The van der Waals surface area contributed by atoms with E-state index in [-0.39, 0.29) is 12.5 Å². The first kappa shape index (κ1) is 16.6. The standard InChI is InChI=1S/C16H20N4O3S/c1-3-10-4-5-11-12(8-10)24-15(17-11)18-13(21)9-20-7-6-14(22)19(2)16(20)23/h6-7,10H,3-5,8-9H2,1-2H3,(H,17,18,21)/t10-/m0/s1. The van der Waals surface area contributed by atoms with Gasteiger partial charge >= 0.3 is 5.69 Å². The molecule has 7 nitrogen and oxygen atoms in total. The van der Waals surface area contributed by atoms with Gasteiger partial charge in [0.05, 0.1) is 5.69 Å². The van der Waals surface area contributed by atoms with E-state index in [1.807, 2.05) is 0 Å². The molecule has 1 aliphatic carbocycles. The molecule has 2 aromatic heterocycles. The molecule has 128 valence electrons. The number of nitrogens with zero attached hydrogens (tertiary/aromatic N) is 3. The molecule has 0 saturated carbocycles. The molecule has 1 aliphatic rings. The lowest BCUT2D eigenvalue weighted by molar-refractivity contribution is -0.116. The van der Waals surface area contributed by atoms with Gasteiger partial charge in [-0.05, 0) is 25.2 Å². The predicted octanol–water partition coefficient (Wildman–Crippen LogP) is 1.16. The zero-order valence-corrected chi connectivity index (χ0v) is 14.6. The number of aromatic nitrogens is 3. The van der Waals surface area contributed by atoms with Gasteiger partial charge in [0.1, 0.15) is 6.54 Å². The van der Waals surface area contributed by atoms with E-state index in [0.717, 1.165) is 35.9 Å². The first-order valence-electron chi connectivity index (χ1n) is 8.02. The molecule has 0 fully saturated rings. The average Bonchev–Trinajstić information content (AvgIpc) is 2.96. The molecule has 0 aliphatic heterocycles. The van der Waals surface area contributed by atoms with E-state index in [9.17, 15) is 14.4 Å². The van der Waals surface area contributed by atoms with Crippen LogP contribution in [0.4, 0.5) is 5.13 Å². The van der Waals surface area contributed by atoms with Crippen molar-refractivity contribution < 1.29 is 4.79 Å². The third-order valence-electron chi connectivity index (χ3n) is 4.44. The molecular formula is C16H20N4O3S. The van der Waals surface area contributed by atoms with Crippen molar-refractivity contribution in [2.24, 2.45) is 13.0 Å². The fraction of sp³-hybridized carbons (Fsp3) is 0.500. The van der Waals surface area contributed by atoms with E-state index in [4.69, 9.17) is 0 Å². The first-order valence-corrected chi connectivity index (χ1v) is 8.84. The molecule has 2 aromatic rings. The van der Waals surface area contributed by atoms with E-state index < -0.39 is 11.2 Å². The molecular weight excluding hydrogens is 328 g/mol. The van der Waals surface area contributed by atoms with E-state index in [0.29, 0.717) is 11.0 Å². The monoisotopic (exact) mass is 348 g/mol. The molecule has 0 bridgehead atoms. The van der Waals surface area contributed by atoms with Crippen LogP contribution in [0.25, 0.3) is 0 Å². The highest BCUT2D eigenvalue weighted by Crippen LogP contribution is 2.33. The van der Waals surface area contributed by atoms with Gasteiger partial charge in [-0.15, -0.1) is 11.3 Å². The third-order valence-corrected chi connectivity index (χ3v) is 5.48. The van der Waals surface area contributed by atoms with Gasteiger partial charge in [0, 0.05) is 24.2 Å². The number of anilines is 1. The Morgan fingerprint density at radius 3 is 3.00 bits per heavy atom. The number of nitrogens with one attached hydrogen (secondary N) is 1. The van der Waals surface area contributed by atoms with Crippen LogP contribution in [0.5, 0.6) is 0 Å². The van der Waals surface area contributed by atoms with Gasteiger partial charge in [0.2, 0.25) is 5.91 Å². The quantitative estimate of drug-likeness (QED) is 0.898. The minimum atomic E-state index is -0.512. The number of hydrogen-bond donors (Lipinski definition) is 1. The summed E-state index contributed by atoms with van der Waals surface area (Å²) in [5, 5.41) is 3.35. The van der Waals surface area contributed by atoms with Crippen molar-refractivity contribution in [2.75, 3.05) is 5.32 Å². The van der Waals surface area contributed by atoms with Crippen molar-refractivity contribution >= 4 is 22.4 Å². The molecule has 0 unspecified atom stereocenters. The van der Waals surface area contributed by atoms with Crippen molar-refractivity contribution in [3.63, 3.8) is 0 Å². The van der Waals surface area contributed by atoms with Crippen molar-refractivity contribution in [3.8, 4) is 0 Å². The minimum absolute atomic E-state index is 0.144. The molecule has 0 saturated heterocycles. The smallest absolute Gasteiger partial charge is 0.300 e. The van der Waals surface area contributed by atoms with Gasteiger partial charge in [-0.25, -0.2) is 9.78 Å². The lowest BCUT2D eigenvalue weighted by atomic mass is 9.89. The summed E-state index contributed by atoms with van der Waals surface area (Å²) in [6, 6.07) is 1.27. The van der Waals surface area contributed by atoms with Crippen LogP contribution < -0.4 is 16.6 Å². The summed E-state index contributed by atoms with van der Waals surface area (Å²) in [6.07, 6.45) is 5.63. The van der Waals surface area contributed by atoms with Gasteiger partial charge in [0.25, 0.3) is 5.56 Å². The van der Waals surface area contributed by atoms with Crippen molar-refractivity contribution in [2.45, 2.75) is 39.2 Å². The molecule has 0 radical (unpaired) electrons. The Balaban J connectivity index is 1.70. The maximum Gasteiger partial charge on any atom is 0.331 e. The summed E-state index contributed by atoms with van der Waals surface area (Å²) < 4.78 is 2.18. The Labute approximate surface area is 143 Å². The Morgan fingerprint density at radius 2 is 2.25 bits per heavy atom. The predicted molar refractivity (Wildman–Crippen MR) is 92.5 cm³/mol. The fourth-order valence-corrected chi connectivity index (χ4v) is 4.03. The molecule has 8 heteroatoms. The first-order chi connectivity index (χ1) is 11.5. The van der Waals surface area contributed by atoms with Crippen LogP contribution >= 0.6 is 11.3 Å². The highest BCUT2D eigenvalue weighted by molar-refractivity contribution is 7.15. The van der Waals surface area contributed by atoms with E-state index >= 15 is 0 Å². The van der Waals surface area contributed by atoms with E-state index in [2.05, 4.69) is 17.2 Å². The number of thiazole rings is 1. The molecule has 1 atom stereocenters. The number of rotatable bonds is 4. The molecule has 1 amide bonds. The highest BCUT2D eigenvalue weighted by Gasteiger charge is 2.22. The van der Waals surface area contributed by atoms with Crippen molar-refractivity contribution in [1.82, 2.24) is 14.1 Å². The second-order valence-electron chi connectivity index (χ2n) is 6.08. The number of amides is 1. The van der Waals surface area contributed by atoms with Gasteiger partial charge in [-0.3, -0.25) is 18.7 Å². The average molecular weight is 348 g/mol. The maximum absolute atomic E-state index is 12.2. The van der Waals surface area contributed by atoms with Gasteiger partial charge in [-0.1, -0.05) is 13.3 Å². The molecule has 2 heterocycles.